The lowest BCUT2D eigenvalue weighted by atomic mass is 10.1. The van der Waals surface area contributed by atoms with Gasteiger partial charge in [-0.25, -0.2) is 9.48 Å². The fraction of sp³-hybridized carbons (Fsp3) is 0.312. The SMILES string of the molecule is CCn1c(-n2ncc3ccccc32)c(C(C)C)c(=O)[nH]c1=O. The number of para-hydroxylation sites is 1. The molecule has 3 aromatic rings. The third-order valence-corrected chi connectivity index (χ3v) is 3.78. The number of nitrogens with one attached hydrogen (secondary N) is 1. The van der Waals surface area contributed by atoms with Crippen LogP contribution in [0.2, 0.25) is 0 Å². The Morgan fingerprint density at radius 3 is 2.64 bits per heavy atom. The van der Waals surface area contributed by atoms with Gasteiger partial charge < -0.3 is 0 Å². The molecule has 22 heavy (non-hydrogen) atoms. The number of aromatic nitrogens is 4. The van der Waals surface area contributed by atoms with E-state index in [0.717, 1.165) is 10.9 Å². The highest BCUT2D eigenvalue weighted by Gasteiger charge is 2.20. The minimum absolute atomic E-state index is 0.0277. The van der Waals surface area contributed by atoms with Gasteiger partial charge >= 0.3 is 5.69 Å². The summed E-state index contributed by atoms with van der Waals surface area (Å²) in [6.07, 6.45) is 1.74. The standard InChI is InChI=1S/C16H18N4O2/c1-4-19-15(13(10(2)3)14(21)18-16(19)22)20-12-8-6-5-7-11(12)9-17-20/h5-10H,4H2,1-3H3,(H,18,21,22). The fourth-order valence-electron chi connectivity index (χ4n) is 2.76. The van der Waals surface area contributed by atoms with Gasteiger partial charge in [0.2, 0.25) is 0 Å². The molecule has 0 spiro atoms. The van der Waals surface area contributed by atoms with Gasteiger partial charge in [-0.3, -0.25) is 14.3 Å². The molecule has 0 saturated heterocycles. The van der Waals surface area contributed by atoms with Crippen LogP contribution in [-0.2, 0) is 6.54 Å². The van der Waals surface area contributed by atoms with Crippen LogP contribution in [0.3, 0.4) is 0 Å². The number of hydrogen-bond acceptors (Lipinski definition) is 3. The summed E-state index contributed by atoms with van der Waals surface area (Å²) in [6, 6.07) is 7.73. The molecule has 3 rings (SSSR count). The lowest BCUT2D eigenvalue weighted by Gasteiger charge is -2.17. The Hall–Kier alpha value is -2.63. The zero-order chi connectivity index (χ0) is 15.9. The minimum atomic E-state index is -0.411. The molecule has 0 saturated carbocycles. The molecular formula is C16H18N4O2. The Morgan fingerprint density at radius 2 is 1.95 bits per heavy atom. The fourth-order valence-corrected chi connectivity index (χ4v) is 2.76. The molecule has 0 unspecified atom stereocenters. The van der Waals surface area contributed by atoms with E-state index in [1.807, 2.05) is 45.0 Å². The number of fused-ring (bicyclic) bond motifs is 1. The summed E-state index contributed by atoms with van der Waals surface area (Å²) in [7, 11) is 0. The summed E-state index contributed by atoms with van der Waals surface area (Å²) in [5.41, 5.74) is 0.678. The maximum atomic E-state index is 12.3. The van der Waals surface area contributed by atoms with Gasteiger partial charge in [0.05, 0.1) is 17.3 Å². The summed E-state index contributed by atoms with van der Waals surface area (Å²) in [4.78, 5) is 26.9. The quantitative estimate of drug-likeness (QED) is 0.804. The third kappa shape index (κ3) is 2.07. The van der Waals surface area contributed by atoms with Gasteiger partial charge in [0.1, 0.15) is 5.82 Å². The van der Waals surface area contributed by atoms with Gasteiger partial charge in [-0.15, -0.1) is 0 Å². The topological polar surface area (TPSA) is 72.7 Å². The number of benzene rings is 1. The van der Waals surface area contributed by atoms with Crippen molar-refractivity contribution in [3.8, 4) is 5.82 Å². The molecule has 0 amide bonds. The Morgan fingerprint density at radius 1 is 1.23 bits per heavy atom. The van der Waals surface area contributed by atoms with E-state index in [9.17, 15) is 9.59 Å². The van der Waals surface area contributed by atoms with E-state index in [4.69, 9.17) is 0 Å². The molecular weight excluding hydrogens is 280 g/mol. The average Bonchev–Trinajstić information content (AvgIpc) is 2.89. The van der Waals surface area contributed by atoms with Crippen LogP contribution in [-0.4, -0.2) is 19.3 Å². The van der Waals surface area contributed by atoms with Crippen molar-refractivity contribution in [3.63, 3.8) is 0 Å². The first-order chi connectivity index (χ1) is 10.5. The van der Waals surface area contributed by atoms with Crippen molar-refractivity contribution >= 4 is 10.9 Å². The average molecular weight is 298 g/mol. The predicted octanol–water partition coefficient (Wildman–Crippen LogP) is 2.02. The van der Waals surface area contributed by atoms with E-state index in [2.05, 4.69) is 10.1 Å². The minimum Gasteiger partial charge on any atom is -0.278 e. The van der Waals surface area contributed by atoms with Gasteiger partial charge in [-0.05, 0) is 18.9 Å². The van der Waals surface area contributed by atoms with Crippen LogP contribution in [0.5, 0.6) is 0 Å². The first-order valence-corrected chi connectivity index (χ1v) is 7.34. The highest BCUT2D eigenvalue weighted by molar-refractivity contribution is 5.80. The molecule has 0 aliphatic carbocycles. The molecule has 114 valence electrons. The van der Waals surface area contributed by atoms with Crippen molar-refractivity contribution in [3.05, 3.63) is 56.9 Å². The zero-order valence-corrected chi connectivity index (χ0v) is 12.8. The molecule has 1 N–H and O–H groups in total. The van der Waals surface area contributed by atoms with Gasteiger partial charge in [0.15, 0.2) is 0 Å². The van der Waals surface area contributed by atoms with Gasteiger partial charge in [0.25, 0.3) is 5.56 Å². The second kappa shape index (κ2) is 5.29. The maximum Gasteiger partial charge on any atom is 0.329 e. The third-order valence-electron chi connectivity index (χ3n) is 3.78. The second-order valence-electron chi connectivity index (χ2n) is 5.51. The number of hydrogen-bond donors (Lipinski definition) is 1. The highest BCUT2D eigenvalue weighted by Crippen LogP contribution is 2.22. The Kier molecular flexibility index (Phi) is 3.44. The molecule has 0 radical (unpaired) electrons. The van der Waals surface area contributed by atoms with Gasteiger partial charge in [-0.2, -0.15) is 5.10 Å². The van der Waals surface area contributed by atoms with Crippen LogP contribution in [0, 0.1) is 0 Å². The first-order valence-electron chi connectivity index (χ1n) is 7.34. The van der Waals surface area contributed by atoms with E-state index in [0.29, 0.717) is 17.9 Å². The van der Waals surface area contributed by atoms with Crippen molar-refractivity contribution in [2.75, 3.05) is 0 Å². The van der Waals surface area contributed by atoms with Crippen molar-refractivity contribution in [2.24, 2.45) is 0 Å². The summed E-state index contributed by atoms with van der Waals surface area (Å²) < 4.78 is 3.24. The van der Waals surface area contributed by atoms with E-state index >= 15 is 0 Å². The number of aromatic amines is 1. The second-order valence-corrected chi connectivity index (χ2v) is 5.51. The largest absolute Gasteiger partial charge is 0.329 e. The molecule has 2 aromatic heterocycles. The van der Waals surface area contributed by atoms with Crippen LogP contribution in [0.1, 0.15) is 32.3 Å². The molecule has 6 heteroatoms. The van der Waals surface area contributed by atoms with Crippen molar-refractivity contribution < 1.29 is 0 Å². The molecule has 2 heterocycles. The molecule has 1 aromatic carbocycles. The summed E-state index contributed by atoms with van der Waals surface area (Å²) in [5, 5.41) is 5.37. The van der Waals surface area contributed by atoms with E-state index in [1.54, 1.807) is 15.4 Å². The lowest BCUT2D eigenvalue weighted by Crippen LogP contribution is -2.36. The van der Waals surface area contributed by atoms with Crippen molar-refractivity contribution in [1.82, 2.24) is 19.3 Å². The van der Waals surface area contributed by atoms with Crippen LogP contribution in [0.4, 0.5) is 0 Å². The van der Waals surface area contributed by atoms with E-state index < -0.39 is 5.69 Å². The normalized spacial score (nSPS) is 11.5. The van der Waals surface area contributed by atoms with Crippen LogP contribution in [0.25, 0.3) is 16.7 Å². The smallest absolute Gasteiger partial charge is 0.278 e. The molecule has 0 atom stereocenters. The van der Waals surface area contributed by atoms with Crippen LogP contribution >= 0.6 is 0 Å². The number of nitrogens with zero attached hydrogens (tertiary/aromatic N) is 3. The van der Waals surface area contributed by atoms with Crippen molar-refractivity contribution in [2.45, 2.75) is 33.2 Å². The Labute approximate surface area is 127 Å². The summed E-state index contributed by atoms with van der Waals surface area (Å²) >= 11 is 0. The Bertz CT molecular complexity index is 947. The molecule has 0 bridgehead atoms. The van der Waals surface area contributed by atoms with Gasteiger partial charge in [0, 0.05) is 11.9 Å². The lowest BCUT2D eigenvalue weighted by molar-refractivity contribution is 0.626. The molecule has 0 aliphatic rings. The zero-order valence-electron chi connectivity index (χ0n) is 12.8. The summed E-state index contributed by atoms with van der Waals surface area (Å²) in [6.45, 7) is 6.20. The van der Waals surface area contributed by atoms with Crippen LogP contribution in [0.15, 0.2) is 40.1 Å². The molecule has 6 nitrogen and oxygen atoms in total. The van der Waals surface area contributed by atoms with Crippen LogP contribution < -0.4 is 11.2 Å². The highest BCUT2D eigenvalue weighted by atomic mass is 16.2. The molecule has 0 fully saturated rings. The monoisotopic (exact) mass is 298 g/mol. The predicted molar refractivity (Wildman–Crippen MR) is 85.7 cm³/mol. The van der Waals surface area contributed by atoms with Gasteiger partial charge in [-0.1, -0.05) is 32.0 Å². The van der Waals surface area contributed by atoms with E-state index in [-0.39, 0.29) is 11.5 Å². The van der Waals surface area contributed by atoms with Crippen molar-refractivity contribution in [1.29, 1.82) is 0 Å². The first kappa shape index (κ1) is 14.3. The Balaban J connectivity index is 2.48. The number of H-pyrrole nitrogens is 1. The summed E-state index contributed by atoms with van der Waals surface area (Å²) in [5.74, 6) is 0.521. The molecule has 0 aliphatic heterocycles. The van der Waals surface area contributed by atoms with E-state index in [1.165, 1.54) is 0 Å². The maximum absolute atomic E-state index is 12.3. The number of rotatable bonds is 3.